The summed E-state index contributed by atoms with van der Waals surface area (Å²) in [6, 6.07) is 0. The molecule has 0 rings (SSSR count). The van der Waals surface area contributed by atoms with Gasteiger partial charge in [-0.3, -0.25) is 0 Å². The highest BCUT2D eigenvalue weighted by atomic mass is 15.0. The molecule has 0 aliphatic rings. The van der Waals surface area contributed by atoms with Crippen molar-refractivity contribution in [3.63, 3.8) is 0 Å². The van der Waals surface area contributed by atoms with Crippen LogP contribution < -0.4 is 5.73 Å². The highest BCUT2D eigenvalue weighted by Crippen LogP contribution is 1.92. The number of hydrogen-bond acceptors (Lipinski definition) is 2. The second-order valence-corrected chi connectivity index (χ2v) is 3.47. The smallest absolute Gasteiger partial charge is 0.00219 e. The molecule has 0 spiro atoms. The topological polar surface area (TPSA) is 29.3 Å². The first kappa shape index (κ1) is 15.7. The maximum absolute atomic E-state index is 5.15. The van der Waals surface area contributed by atoms with Crippen molar-refractivity contribution in [1.82, 2.24) is 4.90 Å². The third-order valence-corrected chi connectivity index (χ3v) is 1.33. The van der Waals surface area contributed by atoms with Crippen molar-refractivity contribution >= 4 is 0 Å². The van der Waals surface area contributed by atoms with Crippen LogP contribution in [-0.2, 0) is 0 Å². The number of nitrogens with zero attached hydrogens (tertiary/aromatic N) is 1. The largest absolute Gasteiger partial charge is 0.405 e. The van der Waals surface area contributed by atoms with Gasteiger partial charge < -0.3 is 10.6 Å². The van der Waals surface area contributed by atoms with Gasteiger partial charge in [0.2, 0.25) is 0 Å². The molecule has 2 nitrogen and oxygen atoms in total. The van der Waals surface area contributed by atoms with Crippen molar-refractivity contribution in [1.29, 1.82) is 0 Å². The normalized spacial score (nSPS) is 10.9. The Hall–Kier alpha value is -0.760. The Kier molecular flexibility index (Phi) is 16.5. The van der Waals surface area contributed by atoms with Gasteiger partial charge in [0.05, 0.1) is 0 Å². The number of unbranched alkanes of at least 4 members (excludes halogenated alkanes) is 1. The van der Waals surface area contributed by atoms with E-state index in [2.05, 4.69) is 38.9 Å². The van der Waals surface area contributed by atoms with Crippen LogP contribution in [0.15, 0.2) is 24.4 Å². The van der Waals surface area contributed by atoms with E-state index >= 15 is 0 Å². The number of hydrogen-bond donors (Lipinski definition) is 1. The third-order valence-electron chi connectivity index (χ3n) is 1.33. The Morgan fingerprint density at radius 1 is 1.14 bits per heavy atom. The van der Waals surface area contributed by atoms with E-state index in [1.165, 1.54) is 12.8 Å². The molecule has 0 aliphatic heterocycles. The maximum Gasteiger partial charge on any atom is -0.00219 e. The van der Waals surface area contributed by atoms with E-state index in [-0.39, 0.29) is 0 Å². The van der Waals surface area contributed by atoms with Crippen LogP contribution in [0.3, 0.4) is 0 Å². The van der Waals surface area contributed by atoms with Crippen LogP contribution in [0.5, 0.6) is 0 Å². The summed E-state index contributed by atoms with van der Waals surface area (Å²) in [6.45, 7) is 5.40. The van der Waals surface area contributed by atoms with Crippen molar-refractivity contribution in [3.05, 3.63) is 24.4 Å². The van der Waals surface area contributed by atoms with Crippen molar-refractivity contribution in [2.75, 3.05) is 20.6 Å². The summed E-state index contributed by atoms with van der Waals surface area (Å²) in [4.78, 5) is 2.19. The average molecular weight is 198 g/mol. The number of nitrogens with two attached hydrogens (primary N) is 1. The third kappa shape index (κ3) is 22.5. The minimum atomic E-state index is 1.13. The monoisotopic (exact) mass is 198 g/mol. The van der Waals surface area contributed by atoms with Gasteiger partial charge in [-0.05, 0) is 45.8 Å². The molecular weight excluding hydrogens is 172 g/mol. The van der Waals surface area contributed by atoms with Crippen LogP contribution in [0, 0.1) is 0 Å². The zero-order valence-electron chi connectivity index (χ0n) is 10.2. The number of allylic oxidation sites excluding steroid dienone is 3. The van der Waals surface area contributed by atoms with Crippen LogP contribution in [0.1, 0.15) is 33.1 Å². The fourth-order valence-corrected chi connectivity index (χ4v) is 0.764. The molecule has 0 aliphatic carbocycles. The summed E-state index contributed by atoms with van der Waals surface area (Å²) in [6.07, 6.45) is 11.1. The Morgan fingerprint density at radius 3 is 2.14 bits per heavy atom. The highest BCUT2D eigenvalue weighted by Gasteiger charge is 1.85. The molecule has 0 amide bonds. The van der Waals surface area contributed by atoms with Gasteiger partial charge >= 0.3 is 0 Å². The molecule has 14 heavy (non-hydrogen) atoms. The zero-order chi connectivity index (χ0) is 11.2. The highest BCUT2D eigenvalue weighted by molar-refractivity contribution is 5.00. The van der Waals surface area contributed by atoms with E-state index in [9.17, 15) is 0 Å². The van der Waals surface area contributed by atoms with Crippen LogP contribution in [-0.4, -0.2) is 25.5 Å². The van der Waals surface area contributed by atoms with E-state index < -0.39 is 0 Å². The molecule has 0 saturated carbocycles. The van der Waals surface area contributed by atoms with Crippen molar-refractivity contribution in [2.45, 2.75) is 33.1 Å². The molecule has 0 bridgehead atoms. The van der Waals surface area contributed by atoms with Gasteiger partial charge in [-0.15, -0.1) is 0 Å². The van der Waals surface area contributed by atoms with E-state index in [0.29, 0.717) is 0 Å². The Balaban J connectivity index is 0. The first-order valence-corrected chi connectivity index (χ1v) is 5.37. The van der Waals surface area contributed by atoms with Crippen molar-refractivity contribution < 1.29 is 0 Å². The minimum Gasteiger partial charge on any atom is -0.405 e. The molecule has 0 aromatic rings. The van der Waals surface area contributed by atoms with Crippen molar-refractivity contribution in [3.8, 4) is 0 Å². The lowest BCUT2D eigenvalue weighted by Crippen LogP contribution is -2.12. The molecule has 84 valence electrons. The maximum atomic E-state index is 5.15. The first-order valence-electron chi connectivity index (χ1n) is 5.37. The second kappa shape index (κ2) is 14.7. The summed E-state index contributed by atoms with van der Waals surface area (Å²) < 4.78 is 0. The van der Waals surface area contributed by atoms with Crippen LogP contribution in [0.4, 0.5) is 0 Å². The van der Waals surface area contributed by atoms with Gasteiger partial charge in [-0.2, -0.15) is 0 Å². The molecule has 0 aromatic heterocycles. The predicted molar refractivity (Wildman–Crippen MR) is 66.2 cm³/mol. The standard InChI is InChI=1S/C9H18N2.C3H8/c1-11(2)9-7-5-3-4-6-8-10;1-3-2/h3-4,6,8H,5,7,9-10H2,1-2H3;3H2,1-2H3/b4-3-,8-6-;. The van der Waals surface area contributed by atoms with Gasteiger partial charge in [0.15, 0.2) is 0 Å². The van der Waals surface area contributed by atoms with Crippen LogP contribution in [0.2, 0.25) is 0 Å². The summed E-state index contributed by atoms with van der Waals surface area (Å²) in [5.41, 5.74) is 5.15. The summed E-state index contributed by atoms with van der Waals surface area (Å²) in [5.74, 6) is 0. The lowest BCUT2D eigenvalue weighted by atomic mass is 10.3. The predicted octanol–water partition coefficient (Wildman–Crippen LogP) is 2.77. The Bertz CT molecular complexity index is 137. The summed E-state index contributed by atoms with van der Waals surface area (Å²) in [7, 11) is 4.17. The minimum absolute atomic E-state index is 1.13. The molecule has 0 radical (unpaired) electrons. The summed E-state index contributed by atoms with van der Waals surface area (Å²) in [5, 5.41) is 0. The fourth-order valence-electron chi connectivity index (χ4n) is 0.764. The van der Waals surface area contributed by atoms with E-state index in [1.807, 2.05) is 12.2 Å². The van der Waals surface area contributed by atoms with Gasteiger partial charge in [0.1, 0.15) is 0 Å². The SMILES string of the molecule is CCC.CN(C)CCC/C=C\C=C/N. The molecule has 0 aromatic carbocycles. The zero-order valence-corrected chi connectivity index (χ0v) is 10.2. The summed E-state index contributed by atoms with van der Waals surface area (Å²) >= 11 is 0. The van der Waals surface area contributed by atoms with E-state index in [4.69, 9.17) is 5.73 Å². The molecule has 0 fully saturated rings. The number of rotatable bonds is 5. The van der Waals surface area contributed by atoms with Gasteiger partial charge in [0, 0.05) is 0 Å². The quantitative estimate of drug-likeness (QED) is 0.543. The van der Waals surface area contributed by atoms with Crippen LogP contribution in [0.25, 0.3) is 0 Å². The van der Waals surface area contributed by atoms with Gasteiger partial charge in [0.25, 0.3) is 0 Å². The lowest BCUT2D eigenvalue weighted by molar-refractivity contribution is 0.402. The van der Waals surface area contributed by atoms with Crippen molar-refractivity contribution in [2.24, 2.45) is 5.73 Å². The molecule has 2 N–H and O–H groups in total. The molecule has 2 heteroatoms. The molecular formula is C12H26N2. The lowest BCUT2D eigenvalue weighted by Gasteiger charge is -2.06. The Morgan fingerprint density at radius 2 is 1.71 bits per heavy atom. The first-order chi connectivity index (χ1) is 6.68. The second-order valence-electron chi connectivity index (χ2n) is 3.47. The van der Waals surface area contributed by atoms with Gasteiger partial charge in [-0.1, -0.05) is 32.4 Å². The Labute approximate surface area is 89.5 Å². The molecule has 0 atom stereocenters. The van der Waals surface area contributed by atoms with Gasteiger partial charge in [-0.25, -0.2) is 0 Å². The van der Waals surface area contributed by atoms with E-state index in [1.54, 1.807) is 6.20 Å². The fraction of sp³-hybridized carbons (Fsp3) is 0.667. The van der Waals surface area contributed by atoms with Crippen LogP contribution >= 0.6 is 0 Å². The molecule has 0 heterocycles. The molecule has 0 saturated heterocycles. The van der Waals surface area contributed by atoms with E-state index in [0.717, 1.165) is 13.0 Å². The molecule has 0 unspecified atom stereocenters. The average Bonchev–Trinajstić information content (AvgIpc) is 2.12.